The Bertz CT molecular complexity index is 1340. The van der Waals surface area contributed by atoms with Crippen LogP contribution in [-0.2, 0) is 19.5 Å². The fourth-order valence-electron chi connectivity index (χ4n) is 5.54. The monoisotopic (exact) mass is 496 g/mol. The summed E-state index contributed by atoms with van der Waals surface area (Å²) in [5.74, 6) is 4.57. The Morgan fingerprint density at radius 3 is 2.49 bits per heavy atom. The first-order valence-electron chi connectivity index (χ1n) is 13.6. The van der Waals surface area contributed by atoms with E-state index in [2.05, 4.69) is 92.2 Å². The number of imidazole rings is 1. The first-order chi connectivity index (χ1) is 18.1. The molecule has 3 heterocycles. The number of nitrogens with one attached hydrogen (secondary N) is 1. The van der Waals surface area contributed by atoms with Crippen LogP contribution in [0.1, 0.15) is 50.7 Å². The number of H-pyrrole nitrogens is 1. The highest BCUT2D eigenvalue weighted by atomic mass is 15.5. The minimum absolute atomic E-state index is 0.648. The number of hydrogen-bond donors (Lipinski definition) is 1. The van der Waals surface area contributed by atoms with Gasteiger partial charge >= 0.3 is 0 Å². The van der Waals surface area contributed by atoms with Gasteiger partial charge in [-0.1, -0.05) is 69.3 Å². The van der Waals surface area contributed by atoms with E-state index in [1.165, 1.54) is 35.7 Å². The first-order valence-corrected chi connectivity index (χ1v) is 13.6. The van der Waals surface area contributed by atoms with Crippen molar-refractivity contribution < 1.29 is 0 Å². The number of aromatic amines is 1. The molecule has 6 rings (SSSR count). The Balaban J connectivity index is 1.29. The molecule has 0 bridgehead atoms. The molecule has 1 aliphatic carbocycles. The Kier molecular flexibility index (Phi) is 6.50. The summed E-state index contributed by atoms with van der Waals surface area (Å²) >= 11 is 0. The van der Waals surface area contributed by atoms with E-state index in [0.29, 0.717) is 11.7 Å². The number of hydrogen-bond acceptors (Lipinski definition) is 6. The van der Waals surface area contributed by atoms with Gasteiger partial charge in [-0.2, -0.15) is 0 Å². The molecule has 0 saturated heterocycles. The molecule has 0 amide bonds. The summed E-state index contributed by atoms with van der Waals surface area (Å²) in [5, 5.41) is 14.5. The van der Waals surface area contributed by atoms with Crippen LogP contribution in [0, 0.1) is 11.8 Å². The third-order valence-electron chi connectivity index (χ3n) is 7.42. The van der Waals surface area contributed by atoms with Crippen LogP contribution in [0.2, 0.25) is 0 Å². The van der Waals surface area contributed by atoms with Gasteiger partial charge in [0.05, 0.1) is 12.4 Å². The van der Waals surface area contributed by atoms with Gasteiger partial charge in [-0.3, -0.25) is 4.90 Å². The molecule has 0 unspecified atom stereocenters. The Morgan fingerprint density at radius 2 is 1.81 bits per heavy atom. The fourth-order valence-corrected chi connectivity index (χ4v) is 5.54. The normalized spacial score (nSPS) is 15.9. The summed E-state index contributed by atoms with van der Waals surface area (Å²) in [6, 6.07) is 17.1. The summed E-state index contributed by atoms with van der Waals surface area (Å²) in [6.07, 6.45) is 3.66. The number of nitrogens with zero attached hydrogens (tertiary/aromatic N) is 7. The SMILES string of the molecule is CCc1nc2c(n1Cc1ccc(-c3ccccc3-c3nnn[nH]3)cc1)CN(CC(C)C)CN2CC1CC1. The number of rotatable bonds is 9. The molecular weight excluding hydrogens is 460 g/mol. The smallest absolute Gasteiger partial charge is 0.180 e. The number of aromatic nitrogens is 6. The lowest BCUT2D eigenvalue weighted by Crippen LogP contribution is -2.45. The molecule has 192 valence electrons. The summed E-state index contributed by atoms with van der Waals surface area (Å²) in [7, 11) is 0. The average Bonchev–Trinajstić information content (AvgIpc) is 3.41. The highest BCUT2D eigenvalue weighted by Crippen LogP contribution is 2.36. The van der Waals surface area contributed by atoms with Crippen LogP contribution in [-0.4, -0.2) is 54.8 Å². The van der Waals surface area contributed by atoms with Crippen molar-refractivity contribution in [3.05, 3.63) is 65.6 Å². The second-order valence-corrected chi connectivity index (χ2v) is 10.9. The summed E-state index contributed by atoms with van der Waals surface area (Å²) in [5.41, 5.74) is 5.92. The highest BCUT2D eigenvalue weighted by molar-refractivity contribution is 5.80. The molecule has 8 heteroatoms. The van der Waals surface area contributed by atoms with Gasteiger partial charge in [-0.25, -0.2) is 10.1 Å². The summed E-state index contributed by atoms with van der Waals surface area (Å²) in [6.45, 7) is 11.9. The molecule has 4 aromatic rings. The van der Waals surface area contributed by atoms with E-state index in [4.69, 9.17) is 4.98 Å². The fraction of sp³-hybridized carbons (Fsp3) is 0.448. The van der Waals surface area contributed by atoms with E-state index >= 15 is 0 Å². The summed E-state index contributed by atoms with van der Waals surface area (Å²) in [4.78, 5) is 10.3. The van der Waals surface area contributed by atoms with Gasteiger partial charge in [0, 0.05) is 38.2 Å². The number of anilines is 1. The van der Waals surface area contributed by atoms with Crippen molar-refractivity contribution in [3.8, 4) is 22.5 Å². The van der Waals surface area contributed by atoms with Crippen LogP contribution in [0.25, 0.3) is 22.5 Å². The Labute approximate surface area is 218 Å². The number of benzene rings is 2. The van der Waals surface area contributed by atoms with Crippen LogP contribution in [0.5, 0.6) is 0 Å². The van der Waals surface area contributed by atoms with Gasteiger partial charge in [0.25, 0.3) is 0 Å². The molecule has 0 radical (unpaired) electrons. The third-order valence-corrected chi connectivity index (χ3v) is 7.42. The van der Waals surface area contributed by atoms with Crippen LogP contribution in [0.3, 0.4) is 0 Å². The molecule has 2 aromatic carbocycles. The maximum absolute atomic E-state index is 5.19. The molecular formula is C29H36N8. The topological polar surface area (TPSA) is 78.8 Å². The predicted molar refractivity (Wildman–Crippen MR) is 146 cm³/mol. The van der Waals surface area contributed by atoms with E-state index in [9.17, 15) is 0 Å². The van der Waals surface area contributed by atoms with Crippen molar-refractivity contribution >= 4 is 5.82 Å². The van der Waals surface area contributed by atoms with Crippen molar-refractivity contribution in [1.82, 2.24) is 35.1 Å². The zero-order chi connectivity index (χ0) is 25.4. The van der Waals surface area contributed by atoms with E-state index < -0.39 is 0 Å². The molecule has 2 aliphatic rings. The largest absolute Gasteiger partial charge is 0.342 e. The Morgan fingerprint density at radius 1 is 1.03 bits per heavy atom. The summed E-state index contributed by atoms with van der Waals surface area (Å²) < 4.78 is 2.48. The van der Waals surface area contributed by atoms with E-state index in [0.717, 1.165) is 61.9 Å². The number of tetrazole rings is 1. The highest BCUT2D eigenvalue weighted by Gasteiger charge is 2.33. The molecule has 1 fully saturated rings. The molecule has 0 atom stereocenters. The molecule has 37 heavy (non-hydrogen) atoms. The molecule has 0 spiro atoms. The van der Waals surface area contributed by atoms with Gasteiger partial charge < -0.3 is 9.47 Å². The molecule has 1 aliphatic heterocycles. The van der Waals surface area contributed by atoms with E-state index in [1.54, 1.807) is 0 Å². The third kappa shape index (κ3) is 5.03. The van der Waals surface area contributed by atoms with Crippen LogP contribution < -0.4 is 4.90 Å². The van der Waals surface area contributed by atoms with Crippen LogP contribution in [0.4, 0.5) is 5.82 Å². The van der Waals surface area contributed by atoms with Crippen molar-refractivity contribution in [2.75, 3.05) is 24.7 Å². The standard InChI is InChI=1S/C29H36N8/c1-4-27-30-29-26(18-35(15-20(2)3)19-36(29)16-21-9-10-21)37(27)17-22-11-13-23(14-12-22)24-7-5-6-8-25(24)28-31-33-34-32-28/h5-8,11-14,20-21H,4,9-10,15-19H2,1-3H3,(H,31,32,33,34). The van der Waals surface area contributed by atoms with Crippen molar-refractivity contribution in [1.29, 1.82) is 0 Å². The lowest BCUT2D eigenvalue weighted by molar-refractivity contribution is 0.217. The van der Waals surface area contributed by atoms with Crippen molar-refractivity contribution in [3.63, 3.8) is 0 Å². The molecule has 8 nitrogen and oxygen atoms in total. The minimum atomic E-state index is 0.648. The van der Waals surface area contributed by atoms with Gasteiger partial charge in [0.15, 0.2) is 11.6 Å². The molecule has 1 saturated carbocycles. The quantitative estimate of drug-likeness (QED) is 0.352. The minimum Gasteiger partial charge on any atom is -0.342 e. The zero-order valence-corrected chi connectivity index (χ0v) is 22.1. The predicted octanol–water partition coefficient (Wildman–Crippen LogP) is 4.99. The van der Waals surface area contributed by atoms with Crippen molar-refractivity contribution in [2.45, 2.75) is 53.1 Å². The zero-order valence-electron chi connectivity index (χ0n) is 22.1. The second-order valence-electron chi connectivity index (χ2n) is 10.9. The average molecular weight is 497 g/mol. The van der Waals surface area contributed by atoms with Crippen LogP contribution >= 0.6 is 0 Å². The van der Waals surface area contributed by atoms with Gasteiger partial charge in [-0.05, 0) is 51.8 Å². The lowest BCUT2D eigenvalue weighted by Gasteiger charge is -2.37. The second kappa shape index (κ2) is 10.1. The maximum atomic E-state index is 5.19. The van der Waals surface area contributed by atoms with Gasteiger partial charge in [0.2, 0.25) is 0 Å². The Hall–Kier alpha value is -3.52. The molecule has 2 aromatic heterocycles. The lowest BCUT2D eigenvalue weighted by atomic mass is 9.98. The number of aryl methyl sites for hydroxylation is 1. The van der Waals surface area contributed by atoms with Gasteiger partial charge in [-0.15, -0.1) is 5.10 Å². The van der Waals surface area contributed by atoms with E-state index in [-0.39, 0.29) is 0 Å². The number of fused-ring (bicyclic) bond motifs is 1. The maximum Gasteiger partial charge on any atom is 0.180 e. The van der Waals surface area contributed by atoms with Crippen molar-refractivity contribution in [2.24, 2.45) is 11.8 Å². The molecule has 1 N–H and O–H groups in total. The van der Waals surface area contributed by atoms with E-state index in [1.807, 2.05) is 12.1 Å². The van der Waals surface area contributed by atoms with Gasteiger partial charge in [0.1, 0.15) is 5.82 Å². The first kappa shape index (κ1) is 23.9. The van der Waals surface area contributed by atoms with Crippen LogP contribution in [0.15, 0.2) is 48.5 Å².